The molecule has 1 amide bonds. The molecule has 1 aromatic carbocycles. The third-order valence-corrected chi connectivity index (χ3v) is 7.33. The van der Waals surface area contributed by atoms with Gasteiger partial charge in [0.25, 0.3) is 5.91 Å². The first kappa shape index (κ1) is 23.1. The molecule has 0 spiro atoms. The summed E-state index contributed by atoms with van der Waals surface area (Å²) < 4.78 is 37.7. The van der Waals surface area contributed by atoms with Crippen molar-refractivity contribution in [1.29, 1.82) is 0 Å². The van der Waals surface area contributed by atoms with Crippen molar-refractivity contribution in [3.63, 3.8) is 0 Å². The number of hydrogen-bond donors (Lipinski definition) is 0. The van der Waals surface area contributed by atoms with Gasteiger partial charge < -0.3 is 14.4 Å². The second-order valence-corrected chi connectivity index (χ2v) is 8.94. The van der Waals surface area contributed by atoms with Crippen molar-refractivity contribution in [2.24, 2.45) is 0 Å². The first-order chi connectivity index (χ1) is 13.4. The van der Waals surface area contributed by atoms with Crippen molar-refractivity contribution >= 4 is 27.5 Å². The quantitative estimate of drug-likeness (QED) is 0.599. The predicted octanol–water partition coefficient (Wildman–Crippen LogP) is 2.64. The lowest BCUT2D eigenvalue weighted by molar-refractivity contribution is 0.0589. The minimum absolute atomic E-state index is 0.0434. The number of carbonyl (C=O) groups excluding carboxylic acids is 1. The number of hydrogen-bond acceptors (Lipinski definition) is 5. The fraction of sp³-hybridized carbons (Fsp3) is 0.632. The Bertz CT molecular complexity index is 762. The Hall–Kier alpha value is -1.19. The molecule has 1 saturated heterocycles. The third-order valence-electron chi connectivity index (χ3n) is 4.95. The van der Waals surface area contributed by atoms with Crippen molar-refractivity contribution in [1.82, 2.24) is 9.21 Å². The molecule has 1 heterocycles. The monoisotopic (exact) mass is 432 g/mol. The van der Waals surface area contributed by atoms with Crippen LogP contribution in [0.25, 0.3) is 0 Å². The fourth-order valence-electron chi connectivity index (χ4n) is 3.29. The highest BCUT2D eigenvalue weighted by molar-refractivity contribution is 7.89. The van der Waals surface area contributed by atoms with Gasteiger partial charge in [0.1, 0.15) is 4.90 Å². The van der Waals surface area contributed by atoms with Crippen LogP contribution in [0, 0.1) is 0 Å². The molecule has 7 nitrogen and oxygen atoms in total. The average Bonchev–Trinajstić information content (AvgIpc) is 2.71. The van der Waals surface area contributed by atoms with Crippen molar-refractivity contribution in [3.05, 3.63) is 28.8 Å². The van der Waals surface area contributed by atoms with Gasteiger partial charge in [-0.2, -0.15) is 4.31 Å². The van der Waals surface area contributed by atoms with Gasteiger partial charge in [-0.3, -0.25) is 4.79 Å². The summed E-state index contributed by atoms with van der Waals surface area (Å²) in [7, 11) is -2.21. The van der Waals surface area contributed by atoms with Gasteiger partial charge >= 0.3 is 0 Å². The zero-order valence-electron chi connectivity index (χ0n) is 16.7. The largest absolute Gasteiger partial charge is 0.383 e. The molecule has 0 N–H and O–H groups in total. The third kappa shape index (κ3) is 5.24. The van der Waals surface area contributed by atoms with Crippen LogP contribution < -0.4 is 0 Å². The van der Waals surface area contributed by atoms with Crippen LogP contribution in [-0.2, 0) is 19.5 Å². The van der Waals surface area contributed by atoms with Crippen LogP contribution in [0.5, 0.6) is 0 Å². The number of amides is 1. The van der Waals surface area contributed by atoms with Gasteiger partial charge in [-0.1, -0.05) is 25.4 Å². The number of sulfonamides is 1. The van der Waals surface area contributed by atoms with E-state index in [9.17, 15) is 13.2 Å². The van der Waals surface area contributed by atoms with E-state index in [1.54, 1.807) is 18.1 Å². The molecule has 28 heavy (non-hydrogen) atoms. The summed E-state index contributed by atoms with van der Waals surface area (Å²) in [4.78, 5) is 14.9. The normalized spacial score (nSPS) is 15.8. The SMILES string of the molecule is CCC(CC)N(CCOC)C(=O)c1ccc(Cl)c(S(=O)(=O)N2CCOCC2)c1. The first-order valence-corrected chi connectivity index (χ1v) is 11.4. The van der Waals surface area contributed by atoms with Crippen molar-refractivity contribution in [2.45, 2.75) is 37.6 Å². The van der Waals surface area contributed by atoms with Crippen molar-refractivity contribution in [3.8, 4) is 0 Å². The molecule has 0 unspecified atom stereocenters. The molecule has 1 aliphatic heterocycles. The second kappa shape index (κ2) is 10.5. The van der Waals surface area contributed by atoms with Crippen molar-refractivity contribution < 1.29 is 22.7 Å². The van der Waals surface area contributed by atoms with E-state index in [0.717, 1.165) is 12.8 Å². The Balaban J connectivity index is 2.37. The Labute approximate surface area is 172 Å². The first-order valence-electron chi connectivity index (χ1n) is 9.54. The smallest absolute Gasteiger partial charge is 0.254 e. The maximum Gasteiger partial charge on any atom is 0.254 e. The molecule has 0 atom stereocenters. The number of carbonyl (C=O) groups is 1. The molecule has 1 fully saturated rings. The Kier molecular flexibility index (Phi) is 8.70. The minimum atomic E-state index is -3.80. The number of benzene rings is 1. The Morgan fingerprint density at radius 3 is 2.50 bits per heavy atom. The lowest BCUT2D eigenvalue weighted by Gasteiger charge is -2.31. The second-order valence-electron chi connectivity index (χ2n) is 6.62. The van der Waals surface area contributed by atoms with Gasteiger partial charge in [0.15, 0.2) is 0 Å². The van der Waals surface area contributed by atoms with Crippen LogP contribution in [0.2, 0.25) is 5.02 Å². The number of ether oxygens (including phenoxy) is 2. The van der Waals surface area contributed by atoms with E-state index in [-0.39, 0.29) is 35.0 Å². The zero-order valence-corrected chi connectivity index (χ0v) is 18.3. The van der Waals surface area contributed by atoms with Crippen LogP contribution in [-0.4, -0.2) is 76.1 Å². The van der Waals surface area contributed by atoms with Crippen molar-refractivity contribution in [2.75, 3.05) is 46.6 Å². The topological polar surface area (TPSA) is 76.2 Å². The number of morpholine rings is 1. The highest BCUT2D eigenvalue weighted by atomic mass is 35.5. The van der Waals surface area contributed by atoms with E-state index >= 15 is 0 Å². The molecule has 0 radical (unpaired) electrons. The van der Waals surface area contributed by atoms with Gasteiger partial charge in [0.2, 0.25) is 10.0 Å². The lowest BCUT2D eigenvalue weighted by Crippen LogP contribution is -2.42. The van der Waals surface area contributed by atoms with E-state index in [4.69, 9.17) is 21.1 Å². The molecule has 0 saturated carbocycles. The Morgan fingerprint density at radius 1 is 1.29 bits per heavy atom. The van der Waals surface area contributed by atoms with Gasteiger partial charge in [-0.15, -0.1) is 0 Å². The van der Waals surface area contributed by atoms with E-state index in [0.29, 0.717) is 31.9 Å². The summed E-state index contributed by atoms with van der Waals surface area (Å²) in [6.45, 7) is 6.12. The zero-order chi connectivity index (χ0) is 20.7. The predicted molar refractivity (Wildman–Crippen MR) is 108 cm³/mol. The van der Waals surface area contributed by atoms with E-state index in [2.05, 4.69) is 0 Å². The minimum Gasteiger partial charge on any atom is -0.383 e. The summed E-state index contributed by atoms with van der Waals surface area (Å²) in [6.07, 6.45) is 1.61. The summed E-state index contributed by atoms with van der Waals surface area (Å²) >= 11 is 6.20. The van der Waals surface area contributed by atoms with Crippen LogP contribution in [0.3, 0.4) is 0 Å². The van der Waals surface area contributed by atoms with Crippen LogP contribution >= 0.6 is 11.6 Å². The lowest BCUT2D eigenvalue weighted by atomic mass is 10.1. The van der Waals surface area contributed by atoms with Gasteiger partial charge in [0.05, 0.1) is 24.8 Å². The number of rotatable bonds is 9. The van der Waals surface area contributed by atoms with Crippen LogP contribution in [0.15, 0.2) is 23.1 Å². The number of nitrogens with zero attached hydrogens (tertiary/aromatic N) is 2. The van der Waals surface area contributed by atoms with Gasteiger partial charge in [0, 0.05) is 38.3 Å². The molecule has 0 aliphatic carbocycles. The van der Waals surface area contributed by atoms with E-state index < -0.39 is 10.0 Å². The molecular formula is C19H29ClN2O5S. The average molecular weight is 433 g/mol. The highest BCUT2D eigenvalue weighted by Gasteiger charge is 2.30. The summed E-state index contributed by atoms with van der Waals surface area (Å²) in [5.74, 6) is -0.221. The molecular weight excluding hydrogens is 404 g/mol. The molecule has 0 aromatic heterocycles. The maximum absolute atomic E-state index is 13.2. The highest BCUT2D eigenvalue weighted by Crippen LogP contribution is 2.27. The summed E-state index contributed by atoms with van der Waals surface area (Å²) in [6, 6.07) is 4.49. The van der Waals surface area contributed by atoms with E-state index in [1.807, 2.05) is 13.8 Å². The molecule has 9 heteroatoms. The molecule has 2 rings (SSSR count). The number of halogens is 1. The standard InChI is InChI=1S/C19H29ClN2O5S/c1-4-16(5-2)22(10-11-26-3)19(23)15-6-7-17(20)18(14-15)28(24,25)21-8-12-27-13-9-21/h6-7,14,16H,4-5,8-13H2,1-3H3. The molecule has 1 aromatic rings. The fourth-order valence-corrected chi connectivity index (χ4v) is 5.20. The maximum atomic E-state index is 13.2. The van der Waals surface area contributed by atoms with Crippen LogP contribution in [0.1, 0.15) is 37.0 Å². The molecule has 158 valence electrons. The number of methoxy groups -OCH3 is 1. The molecule has 1 aliphatic rings. The summed E-state index contributed by atoms with van der Waals surface area (Å²) in [5, 5.41) is 0.106. The van der Waals surface area contributed by atoms with E-state index in [1.165, 1.54) is 16.4 Å². The van der Waals surface area contributed by atoms with Gasteiger partial charge in [-0.05, 0) is 31.0 Å². The van der Waals surface area contributed by atoms with Crippen LogP contribution in [0.4, 0.5) is 0 Å². The molecule has 0 bridgehead atoms. The summed E-state index contributed by atoms with van der Waals surface area (Å²) in [5.41, 5.74) is 0.305. The van der Waals surface area contributed by atoms with Gasteiger partial charge in [-0.25, -0.2) is 8.42 Å². The Morgan fingerprint density at radius 2 is 1.93 bits per heavy atom.